The Bertz CT molecular complexity index is 1810. The van der Waals surface area contributed by atoms with Crippen LogP contribution in [0.3, 0.4) is 0 Å². The normalized spacial score (nSPS) is 24.9. The van der Waals surface area contributed by atoms with E-state index in [2.05, 4.69) is 11.4 Å². The number of para-hydroxylation sites is 2. The summed E-state index contributed by atoms with van der Waals surface area (Å²) in [6.07, 6.45) is 2.06. The minimum absolute atomic E-state index is 0.0757. The van der Waals surface area contributed by atoms with Crippen LogP contribution >= 0.6 is 11.3 Å². The molecule has 4 aliphatic rings. The molecule has 0 bridgehead atoms. The zero-order valence-electron chi connectivity index (χ0n) is 22.0. The molecule has 8 heteroatoms. The van der Waals surface area contributed by atoms with Gasteiger partial charge < -0.3 is 19.7 Å². The van der Waals surface area contributed by atoms with Crippen molar-refractivity contribution in [3.63, 3.8) is 0 Å². The predicted octanol–water partition coefficient (Wildman–Crippen LogP) is 5.72. The summed E-state index contributed by atoms with van der Waals surface area (Å²) < 4.78 is 11.1. The van der Waals surface area contributed by atoms with E-state index in [1.807, 2.05) is 71.8 Å². The number of benzene rings is 3. The fourth-order valence-electron chi connectivity index (χ4n) is 7.18. The van der Waals surface area contributed by atoms with Crippen molar-refractivity contribution in [1.29, 1.82) is 0 Å². The van der Waals surface area contributed by atoms with Crippen molar-refractivity contribution in [2.75, 3.05) is 17.0 Å². The summed E-state index contributed by atoms with van der Waals surface area (Å²) in [7, 11) is 0. The zero-order chi connectivity index (χ0) is 27.9. The molecule has 1 fully saturated rings. The number of ether oxygens (including phenoxy) is 2. The number of rotatable bonds is 4. The molecule has 4 aromatic rings. The highest BCUT2D eigenvalue weighted by Crippen LogP contribution is 2.59. The summed E-state index contributed by atoms with van der Waals surface area (Å²) in [5, 5.41) is 4.93. The summed E-state index contributed by atoms with van der Waals surface area (Å²) in [5.41, 5.74) is 3.22. The monoisotopic (exact) mass is 560 g/mol. The summed E-state index contributed by atoms with van der Waals surface area (Å²) in [6.45, 7) is 2.10. The van der Waals surface area contributed by atoms with Crippen LogP contribution in [0.2, 0.25) is 0 Å². The number of hydrogen-bond acceptors (Lipinski definition) is 7. The van der Waals surface area contributed by atoms with E-state index in [4.69, 9.17) is 9.47 Å². The Hall–Kier alpha value is -4.69. The Morgan fingerprint density at radius 1 is 0.951 bits per heavy atom. The Morgan fingerprint density at radius 2 is 1.76 bits per heavy atom. The van der Waals surface area contributed by atoms with Gasteiger partial charge in [-0.2, -0.15) is 0 Å². The van der Waals surface area contributed by atoms with Gasteiger partial charge in [0.25, 0.3) is 0 Å². The highest BCUT2D eigenvalue weighted by molar-refractivity contribution is 7.12. The van der Waals surface area contributed by atoms with Gasteiger partial charge in [-0.05, 0) is 59.8 Å². The minimum Gasteiger partial charge on any atom is -0.454 e. The zero-order valence-corrected chi connectivity index (χ0v) is 22.8. The molecule has 202 valence electrons. The molecule has 1 saturated heterocycles. The van der Waals surface area contributed by atoms with Crippen molar-refractivity contribution in [2.45, 2.75) is 24.4 Å². The van der Waals surface area contributed by atoms with Gasteiger partial charge in [0.1, 0.15) is 11.5 Å². The smallest absolute Gasteiger partial charge is 0.238 e. The van der Waals surface area contributed by atoms with Crippen LogP contribution in [0.25, 0.3) is 5.57 Å². The van der Waals surface area contributed by atoms with E-state index in [1.54, 1.807) is 24.3 Å². The molecule has 1 aromatic heterocycles. The van der Waals surface area contributed by atoms with Gasteiger partial charge in [0.05, 0.1) is 16.8 Å². The predicted molar refractivity (Wildman–Crippen MR) is 156 cm³/mol. The van der Waals surface area contributed by atoms with Gasteiger partial charge in [0.2, 0.25) is 12.7 Å². The second kappa shape index (κ2) is 8.65. The van der Waals surface area contributed by atoms with Gasteiger partial charge in [0.15, 0.2) is 23.1 Å². The number of Topliss-reactive ketones (excluding diaryl/α,β-unsaturated/α-hetero) is 2. The Morgan fingerprint density at radius 3 is 2.61 bits per heavy atom. The molecule has 4 aliphatic heterocycles. The number of carbonyl (C=O) groups excluding carboxylic acids is 3. The van der Waals surface area contributed by atoms with Gasteiger partial charge in [-0.3, -0.25) is 14.4 Å². The molecule has 3 aromatic carbocycles. The van der Waals surface area contributed by atoms with Gasteiger partial charge in [0, 0.05) is 22.5 Å². The Labute approximate surface area is 240 Å². The summed E-state index contributed by atoms with van der Waals surface area (Å²) >= 11 is 1.34. The third-order valence-electron chi connectivity index (χ3n) is 8.86. The number of amides is 1. The van der Waals surface area contributed by atoms with Gasteiger partial charge in [-0.15, -0.1) is 11.3 Å². The highest BCUT2D eigenvalue weighted by Gasteiger charge is 2.70. The van der Waals surface area contributed by atoms with Crippen molar-refractivity contribution < 1.29 is 23.9 Å². The van der Waals surface area contributed by atoms with Crippen LogP contribution in [0.4, 0.5) is 11.4 Å². The van der Waals surface area contributed by atoms with Crippen molar-refractivity contribution in [1.82, 2.24) is 0 Å². The molecular formula is C33H24N2O5S. The van der Waals surface area contributed by atoms with Crippen LogP contribution < -0.4 is 19.7 Å². The number of thiophene rings is 1. The number of hydrogen-bond donors (Lipinski definition) is 1. The van der Waals surface area contributed by atoms with Gasteiger partial charge >= 0.3 is 0 Å². The molecule has 41 heavy (non-hydrogen) atoms. The van der Waals surface area contributed by atoms with E-state index in [1.165, 1.54) is 11.3 Å². The molecule has 0 aliphatic carbocycles. The topological polar surface area (TPSA) is 84.9 Å². The molecule has 0 radical (unpaired) electrons. The number of nitrogens with one attached hydrogen (secondary N) is 1. The second-order valence-corrected chi connectivity index (χ2v) is 11.7. The molecule has 0 unspecified atom stereocenters. The van der Waals surface area contributed by atoms with E-state index in [0.29, 0.717) is 27.6 Å². The van der Waals surface area contributed by atoms with Crippen molar-refractivity contribution >= 4 is 45.8 Å². The molecule has 1 spiro atoms. The fourth-order valence-corrected chi connectivity index (χ4v) is 7.88. The standard InChI is InChI=1S/C33H24N2O5S/c1-18-15-27-33(21-8-3-4-9-22(21)34-32(33)38)28(30(36)19-12-13-24-25(16-19)40-17-39-24)29(31(37)26-11-6-14-41-26)35(27)23-10-5-2-7-20(18)23/h2-16,27-29H,17H2,1H3,(H,34,38)/t27-,28+,29-,33-/m1/s1. The summed E-state index contributed by atoms with van der Waals surface area (Å²) in [5.74, 6) is -0.746. The van der Waals surface area contributed by atoms with E-state index in [9.17, 15) is 14.4 Å². The van der Waals surface area contributed by atoms with E-state index < -0.39 is 23.4 Å². The first kappa shape index (κ1) is 24.1. The fraction of sp³-hybridized carbons (Fsp3) is 0.182. The maximum absolute atomic E-state index is 14.9. The molecule has 1 amide bonds. The van der Waals surface area contributed by atoms with E-state index in [-0.39, 0.29) is 24.3 Å². The van der Waals surface area contributed by atoms with Crippen LogP contribution in [-0.2, 0) is 10.2 Å². The number of nitrogens with zero attached hydrogens (tertiary/aromatic N) is 1. The second-order valence-electron chi connectivity index (χ2n) is 10.8. The van der Waals surface area contributed by atoms with Crippen molar-refractivity contribution in [2.24, 2.45) is 5.92 Å². The first-order valence-corrected chi connectivity index (χ1v) is 14.4. The van der Waals surface area contributed by atoms with Crippen LogP contribution in [0, 0.1) is 5.92 Å². The van der Waals surface area contributed by atoms with Crippen LogP contribution in [-0.4, -0.2) is 36.4 Å². The molecule has 0 saturated carbocycles. The first-order valence-electron chi connectivity index (χ1n) is 13.5. The molecule has 1 N–H and O–H groups in total. The third-order valence-corrected chi connectivity index (χ3v) is 9.74. The maximum Gasteiger partial charge on any atom is 0.238 e. The number of allylic oxidation sites excluding steroid dienone is 1. The van der Waals surface area contributed by atoms with Crippen LogP contribution in [0.15, 0.2) is 90.3 Å². The van der Waals surface area contributed by atoms with Crippen molar-refractivity contribution in [3.05, 3.63) is 112 Å². The molecule has 4 atom stereocenters. The summed E-state index contributed by atoms with van der Waals surface area (Å²) in [6, 6.07) is 22.6. The average molecular weight is 561 g/mol. The average Bonchev–Trinajstić information content (AvgIpc) is 3.79. The SMILES string of the molecule is CC1=C[C@H]2N(c3ccccc31)[C@@H](C(=O)c1cccs1)[C@@H](C(=O)c1ccc3c(c1)OCO3)[C@]21C(=O)Nc2ccccc21. The lowest BCUT2D eigenvalue weighted by Crippen LogP contribution is -2.51. The first-order chi connectivity index (χ1) is 20.0. The largest absolute Gasteiger partial charge is 0.454 e. The molecule has 7 nitrogen and oxygen atoms in total. The lowest BCUT2D eigenvalue weighted by molar-refractivity contribution is -0.121. The highest BCUT2D eigenvalue weighted by atomic mass is 32.1. The lowest BCUT2D eigenvalue weighted by atomic mass is 9.64. The van der Waals surface area contributed by atoms with Gasteiger partial charge in [-0.1, -0.05) is 48.5 Å². The summed E-state index contributed by atoms with van der Waals surface area (Å²) in [4.78, 5) is 46.5. The Kier molecular flexibility index (Phi) is 5.09. The molecule has 5 heterocycles. The van der Waals surface area contributed by atoms with Crippen LogP contribution in [0.5, 0.6) is 11.5 Å². The van der Waals surface area contributed by atoms with Gasteiger partial charge in [-0.25, -0.2) is 0 Å². The van der Waals surface area contributed by atoms with E-state index in [0.717, 1.165) is 22.4 Å². The number of ketones is 2. The quantitative estimate of drug-likeness (QED) is 0.321. The maximum atomic E-state index is 14.9. The third kappa shape index (κ3) is 3.16. The number of carbonyl (C=O) groups is 3. The molecular weight excluding hydrogens is 536 g/mol. The van der Waals surface area contributed by atoms with Crippen LogP contribution in [0.1, 0.15) is 38.1 Å². The number of fused-ring (bicyclic) bond motifs is 7. The van der Waals surface area contributed by atoms with E-state index >= 15 is 0 Å². The van der Waals surface area contributed by atoms with Crippen molar-refractivity contribution in [3.8, 4) is 11.5 Å². The lowest BCUT2D eigenvalue weighted by Gasteiger charge is -2.39. The minimum atomic E-state index is -1.35. The number of anilines is 2. The molecule has 8 rings (SSSR count). The Balaban J connectivity index is 1.43.